The molecule has 7 heteroatoms. The molecule has 1 saturated heterocycles. The molecule has 154 valence electrons. The Labute approximate surface area is 194 Å². The van der Waals surface area contributed by atoms with Gasteiger partial charge in [-0.3, -0.25) is 9.97 Å². The minimum Gasteiger partial charge on any atom is -0.352 e. The number of pyridine rings is 2. The van der Waals surface area contributed by atoms with Gasteiger partial charge in [-0.1, -0.05) is 34.1 Å². The Kier molecular flexibility index (Phi) is 5.53. The van der Waals surface area contributed by atoms with E-state index < -0.39 is 0 Å². The van der Waals surface area contributed by atoms with E-state index >= 15 is 0 Å². The second kappa shape index (κ2) is 8.61. The number of benzene rings is 1. The van der Waals surface area contributed by atoms with E-state index in [9.17, 15) is 0 Å². The highest BCUT2D eigenvalue weighted by atomic mass is 79.9. The molecule has 0 unspecified atom stereocenters. The normalized spacial score (nSPS) is 18.2. The summed E-state index contributed by atoms with van der Waals surface area (Å²) in [5.74, 6) is 0. The third-order valence-electron chi connectivity index (χ3n) is 5.43. The van der Waals surface area contributed by atoms with Gasteiger partial charge in [0.2, 0.25) is 0 Å². The molecule has 1 N–H and O–H groups in total. The van der Waals surface area contributed by atoms with Crippen LogP contribution in [0.15, 0.2) is 95.9 Å². The Morgan fingerprint density at radius 1 is 0.935 bits per heavy atom. The van der Waals surface area contributed by atoms with Crippen molar-refractivity contribution < 1.29 is 0 Å². The van der Waals surface area contributed by atoms with Gasteiger partial charge in [0.15, 0.2) is 5.11 Å². The molecule has 0 amide bonds. The van der Waals surface area contributed by atoms with Crippen molar-refractivity contribution in [3.05, 3.63) is 113 Å². The number of hydrogen-bond donors (Lipinski definition) is 1. The van der Waals surface area contributed by atoms with Gasteiger partial charge < -0.3 is 14.8 Å². The van der Waals surface area contributed by atoms with Crippen molar-refractivity contribution in [2.24, 2.45) is 0 Å². The summed E-state index contributed by atoms with van der Waals surface area (Å²) >= 11 is 9.39. The van der Waals surface area contributed by atoms with Gasteiger partial charge >= 0.3 is 0 Å². The van der Waals surface area contributed by atoms with Crippen LogP contribution in [0, 0.1) is 0 Å². The molecule has 3 aromatic heterocycles. The number of rotatable bonds is 5. The summed E-state index contributed by atoms with van der Waals surface area (Å²) in [5.41, 5.74) is 4.15. The van der Waals surface area contributed by atoms with Crippen LogP contribution in [0.2, 0.25) is 0 Å². The molecule has 0 spiro atoms. The molecule has 2 atom stereocenters. The molecule has 5 nitrogen and oxygen atoms in total. The van der Waals surface area contributed by atoms with Crippen molar-refractivity contribution in [3.63, 3.8) is 0 Å². The van der Waals surface area contributed by atoms with Crippen molar-refractivity contribution in [1.29, 1.82) is 0 Å². The molecule has 0 saturated carbocycles. The molecule has 1 aliphatic rings. The van der Waals surface area contributed by atoms with Crippen molar-refractivity contribution in [1.82, 2.24) is 24.8 Å². The Balaban J connectivity index is 1.61. The van der Waals surface area contributed by atoms with Gasteiger partial charge in [-0.05, 0) is 66.8 Å². The van der Waals surface area contributed by atoms with Crippen LogP contribution in [0.5, 0.6) is 0 Å². The van der Waals surface area contributed by atoms with Crippen LogP contribution < -0.4 is 5.32 Å². The third-order valence-corrected chi connectivity index (χ3v) is 6.27. The van der Waals surface area contributed by atoms with Crippen LogP contribution in [-0.2, 0) is 6.54 Å². The topological polar surface area (TPSA) is 46.0 Å². The first kappa shape index (κ1) is 19.9. The molecule has 1 fully saturated rings. The highest BCUT2D eigenvalue weighted by molar-refractivity contribution is 9.10. The number of hydrogen-bond acceptors (Lipinski definition) is 3. The molecule has 4 aromatic rings. The zero-order valence-electron chi connectivity index (χ0n) is 16.6. The zero-order valence-corrected chi connectivity index (χ0v) is 19.0. The van der Waals surface area contributed by atoms with Crippen molar-refractivity contribution in [2.45, 2.75) is 18.6 Å². The monoisotopic (exact) mass is 489 g/mol. The number of aromatic nitrogens is 3. The van der Waals surface area contributed by atoms with Crippen LogP contribution in [0.25, 0.3) is 5.69 Å². The highest BCUT2D eigenvalue weighted by Crippen LogP contribution is 2.40. The van der Waals surface area contributed by atoms with Crippen LogP contribution >= 0.6 is 28.1 Å². The molecule has 1 aliphatic heterocycles. The fraction of sp³-hybridized carbons (Fsp3) is 0.125. The highest BCUT2D eigenvalue weighted by Gasteiger charge is 2.41. The van der Waals surface area contributed by atoms with Crippen LogP contribution in [-0.4, -0.2) is 24.5 Å². The molecular weight excluding hydrogens is 470 g/mol. The first-order chi connectivity index (χ1) is 15.2. The van der Waals surface area contributed by atoms with E-state index in [4.69, 9.17) is 12.2 Å². The number of nitrogens with zero attached hydrogens (tertiary/aromatic N) is 4. The van der Waals surface area contributed by atoms with Crippen LogP contribution in [0.1, 0.15) is 29.2 Å². The van der Waals surface area contributed by atoms with E-state index in [1.54, 1.807) is 0 Å². The van der Waals surface area contributed by atoms with E-state index in [2.05, 4.69) is 71.1 Å². The van der Waals surface area contributed by atoms with Crippen LogP contribution in [0.4, 0.5) is 0 Å². The lowest BCUT2D eigenvalue weighted by Gasteiger charge is -2.28. The van der Waals surface area contributed by atoms with E-state index in [-0.39, 0.29) is 12.1 Å². The Morgan fingerprint density at radius 3 is 2.52 bits per heavy atom. The predicted molar refractivity (Wildman–Crippen MR) is 129 cm³/mol. The molecule has 0 bridgehead atoms. The molecule has 5 rings (SSSR count). The molecule has 0 radical (unpaired) electrons. The number of thiocarbonyl (C=S) groups is 1. The lowest BCUT2D eigenvalue weighted by atomic mass is 10.0. The first-order valence-electron chi connectivity index (χ1n) is 10.0. The van der Waals surface area contributed by atoms with Gasteiger partial charge in [0.05, 0.1) is 30.0 Å². The predicted octanol–water partition coefficient (Wildman–Crippen LogP) is 5.20. The quantitative estimate of drug-likeness (QED) is 0.390. The second-order valence-corrected chi connectivity index (χ2v) is 8.66. The number of nitrogens with one attached hydrogen (secondary N) is 1. The minimum atomic E-state index is -0.0711. The SMILES string of the molecule is S=C1N[C@H](c2ccccn2)[C@@H](c2cccn2-c2cccc(Br)c2)N1Cc1ccccn1. The smallest absolute Gasteiger partial charge is 0.170 e. The Morgan fingerprint density at radius 2 is 1.77 bits per heavy atom. The average molecular weight is 490 g/mol. The largest absolute Gasteiger partial charge is 0.352 e. The van der Waals surface area contributed by atoms with Crippen molar-refractivity contribution in [3.8, 4) is 5.69 Å². The van der Waals surface area contributed by atoms with Gasteiger partial charge in [-0.15, -0.1) is 0 Å². The summed E-state index contributed by atoms with van der Waals surface area (Å²) in [6.07, 6.45) is 5.73. The van der Waals surface area contributed by atoms with Gasteiger partial charge in [-0.2, -0.15) is 0 Å². The van der Waals surface area contributed by atoms with Gasteiger partial charge in [-0.25, -0.2) is 0 Å². The zero-order chi connectivity index (χ0) is 21.2. The molecular formula is C24H20BrN5S. The standard InChI is InChI=1S/C24H20BrN5S/c25-17-7-5-9-19(15-17)29-14-6-11-21(29)23-22(20-10-2-4-13-27-20)28-24(31)30(23)16-18-8-1-3-12-26-18/h1-15,22-23H,16H2,(H,28,31)/t22-,23-/m1/s1. The maximum Gasteiger partial charge on any atom is 0.170 e. The van der Waals surface area contributed by atoms with Crippen molar-refractivity contribution in [2.75, 3.05) is 0 Å². The summed E-state index contributed by atoms with van der Waals surface area (Å²) in [7, 11) is 0. The fourth-order valence-electron chi connectivity index (χ4n) is 4.06. The Bertz CT molecular complexity index is 1190. The number of halogens is 1. The van der Waals surface area contributed by atoms with Gasteiger partial charge in [0.25, 0.3) is 0 Å². The molecule has 0 aliphatic carbocycles. The van der Waals surface area contributed by atoms with E-state index in [1.807, 2.05) is 60.9 Å². The third kappa shape index (κ3) is 3.98. The molecule has 31 heavy (non-hydrogen) atoms. The summed E-state index contributed by atoms with van der Waals surface area (Å²) < 4.78 is 3.25. The molecule has 1 aromatic carbocycles. The summed E-state index contributed by atoms with van der Waals surface area (Å²) in [6, 6.07) is 24.4. The maximum absolute atomic E-state index is 5.79. The van der Waals surface area contributed by atoms with Gasteiger partial charge in [0.1, 0.15) is 0 Å². The van der Waals surface area contributed by atoms with E-state index in [1.165, 1.54) is 0 Å². The first-order valence-corrected chi connectivity index (χ1v) is 11.2. The second-order valence-electron chi connectivity index (χ2n) is 7.36. The van der Waals surface area contributed by atoms with E-state index in [0.717, 1.165) is 27.2 Å². The maximum atomic E-state index is 5.79. The lowest BCUT2D eigenvalue weighted by Crippen LogP contribution is -2.30. The van der Waals surface area contributed by atoms with Crippen molar-refractivity contribution >= 4 is 33.3 Å². The fourth-order valence-corrected chi connectivity index (χ4v) is 4.75. The van der Waals surface area contributed by atoms with Crippen LogP contribution in [0.3, 0.4) is 0 Å². The minimum absolute atomic E-state index is 0.0432. The van der Waals surface area contributed by atoms with Gasteiger partial charge in [0, 0.05) is 34.4 Å². The average Bonchev–Trinajstić information content (AvgIpc) is 3.40. The summed E-state index contributed by atoms with van der Waals surface area (Å²) in [5, 5.41) is 4.22. The molecule has 4 heterocycles. The summed E-state index contributed by atoms with van der Waals surface area (Å²) in [6.45, 7) is 0.615. The Hall–Kier alpha value is -3.03. The van der Waals surface area contributed by atoms with E-state index in [0.29, 0.717) is 11.7 Å². The lowest BCUT2D eigenvalue weighted by molar-refractivity contribution is 0.299. The summed E-state index contributed by atoms with van der Waals surface area (Å²) in [4.78, 5) is 11.4.